The standard InChI is InChI=1S/C6H14O.C3H8O2.C2H4O2/c1-5(2)7-6(3)4;1-3(5)2-4;1-2(3)4/h5-6H,1-4H3;3-5H,2H2,1H3;1H3,(H,3,4). The molecule has 0 aromatic rings. The summed E-state index contributed by atoms with van der Waals surface area (Å²) in [6.07, 6.45) is 0.190. The van der Waals surface area contributed by atoms with E-state index in [9.17, 15) is 0 Å². The van der Waals surface area contributed by atoms with Gasteiger partial charge in [-0.15, -0.1) is 0 Å². The molecule has 0 bridgehead atoms. The van der Waals surface area contributed by atoms with E-state index in [-0.39, 0.29) is 6.61 Å². The van der Waals surface area contributed by atoms with Gasteiger partial charge < -0.3 is 20.1 Å². The fourth-order valence-corrected chi connectivity index (χ4v) is 0.544. The molecule has 0 heterocycles. The first-order chi connectivity index (χ1) is 7.13. The average molecular weight is 238 g/mol. The lowest BCUT2D eigenvalue weighted by molar-refractivity contribution is -0.134. The molecule has 0 fully saturated rings. The number of carboxylic acid groups (broad SMARTS) is 1. The zero-order chi connectivity index (χ0) is 13.7. The van der Waals surface area contributed by atoms with Gasteiger partial charge in [-0.05, 0) is 34.6 Å². The summed E-state index contributed by atoms with van der Waals surface area (Å²) < 4.78 is 5.25. The van der Waals surface area contributed by atoms with Gasteiger partial charge in [0.1, 0.15) is 0 Å². The molecule has 0 saturated heterocycles. The molecule has 0 aliphatic heterocycles. The molecule has 0 saturated carbocycles. The predicted octanol–water partition coefficient (Wildman–Crippen LogP) is 1.27. The van der Waals surface area contributed by atoms with Crippen molar-refractivity contribution in [3.05, 3.63) is 0 Å². The highest BCUT2D eigenvalue weighted by Gasteiger charge is 1.94. The van der Waals surface area contributed by atoms with Crippen LogP contribution in [0.5, 0.6) is 0 Å². The van der Waals surface area contributed by atoms with E-state index < -0.39 is 12.1 Å². The smallest absolute Gasteiger partial charge is 0.300 e. The van der Waals surface area contributed by atoms with Crippen LogP contribution in [-0.2, 0) is 9.53 Å². The minimum atomic E-state index is -0.833. The highest BCUT2D eigenvalue weighted by Crippen LogP contribution is 1.93. The predicted molar refractivity (Wildman–Crippen MR) is 63.4 cm³/mol. The lowest BCUT2D eigenvalue weighted by Gasteiger charge is -2.09. The molecule has 0 rings (SSSR count). The molecule has 0 aliphatic carbocycles. The van der Waals surface area contributed by atoms with E-state index >= 15 is 0 Å². The van der Waals surface area contributed by atoms with Crippen LogP contribution in [0.1, 0.15) is 41.5 Å². The van der Waals surface area contributed by atoms with Gasteiger partial charge in [0, 0.05) is 6.92 Å². The quantitative estimate of drug-likeness (QED) is 0.689. The molecule has 16 heavy (non-hydrogen) atoms. The van der Waals surface area contributed by atoms with Crippen molar-refractivity contribution in [3.8, 4) is 0 Å². The van der Waals surface area contributed by atoms with Gasteiger partial charge >= 0.3 is 0 Å². The summed E-state index contributed by atoms with van der Waals surface area (Å²) in [4.78, 5) is 9.00. The van der Waals surface area contributed by atoms with Gasteiger partial charge in [0.15, 0.2) is 0 Å². The summed E-state index contributed by atoms with van der Waals surface area (Å²) in [6, 6.07) is 0. The van der Waals surface area contributed by atoms with Crippen molar-refractivity contribution in [1.29, 1.82) is 0 Å². The van der Waals surface area contributed by atoms with Crippen LogP contribution >= 0.6 is 0 Å². The van der Waals surface area contributed by atoms with Crippen LogP contribution in [0.15, 0.2) is 0 Å². The van der Waals surface area contributed by atoms with Crippen LogP contribution in [0, 0.1) is 0 Å². The van der Waals surface area contributed by atoms with Crippen molar-refractivity contribution in [2.24, 2.45) is 0 Å². The molecule has 5 nitrogen and oxygen atoms in total. The van der Waals surface area contributed by atoms with Crippen LogP contribution < -0.4 is 0 Å². The first-order valence-electron chi connectivity index (χ1n) is 5.27. The molecule has 5 heteroatoms. The maximum atomic E-state index is 9.00. The Hall–Kier alpha value is -0.650. The third kappa shape index (κ3) is 71.1. The Morgan fingerprint density at radius 2 is 1.31 bits per heavy atom. The first-order valence-corrected chi connectivity index (χ1v) is 5.27. The molecule has 1 atom stereocenters. The summed E-state index contributed by atoms with van der Waals surface area (Å²) in [5, 5.41) is 23.4. The fourth-order valence-electron chi connectivity index (χ4n) is 0.544. The number of hydrogen-bond donors (Lipinski definition) is 3. The molecule has 0 spiro atoms. The van der Waals surface area contributed by atoms with Crippen molar-refractivity contribution in [3.63, 3.8) is 0 Å². The van der Waals surface area contributed by atoms with E-state index in [4.69, 9.17) is 24.9 Å². The fraction of sp³-hybridized carbons (Fsp3) is 0.909. The molecule has 0 amide bonds. The van der Waals surface area contributed by atoms with E-state index in [1.54, 1.807) is 0 Å². The third-order valence-corrected chi connectivity index (χ3v) is 0.809. The van der Waals surface area contributed by atoms with Crippen molar-refractivity contribution in [1.82, 2.24) is 0 Å². The van der Waals surface area contributed by atoms with Crippen molar-refractivity contribution in [2.75, 3.05) is 6.61 Å². The molecule has 0 aliphatic rings. The zero-order valence-electron chi connectivity index (χ0n) is 11.1. The minimum Gasteiger partial charge on any atom is -0.481 e. The summed E-state index contributed by atoms with van der Waals surface area (Å²) >= 11 is 0. The van der Waals surface area contributed by atoms with Crippen molar-refractivity contribution in [2.45, 2.75) is 59.9 Å². The second kappa shape index (κ2) is 14.3. The monoisotopic (exact) mass is 238 g/mol. The highest BCUT2D eigenvalue weighted by atomic mass is 16.5. The van der Waals surface area contributed by atoms with Crippen LogP contribution in [0.25, 0.3) is 0 Å². The highest BCUT2D eigenvalue weighted by molar-refractivity contribution is 5.62. The van der Waals surface area contributed by atoms with E-state index in [0.29, 0.717) is 12.2 Å². The minimum absolute atomic E-state index is 0.139. The van der Waals surface area contributed by atoms with E-state index in [2.05, 4.69) is 0 Å². The average Bonchev–Trinajstić information content (AvgIpc) is 2.01. The topological polar surface area (TPSA) is 87.0 Å². The number of aliphatic hydroxyl groups excluding tert-OH is 2. The van der Waals surface area contributed by atoms with Crippen molar-refractivity contribution < 1.29 is 24.9 Å². The van der Waals surface area contributed by atoms with Crippen molar-refractivity contribution >= 4 is 5.97 Å². The summed E-state index contributed by atoms with van der Waals surface area (Å²) in [5.74, 6) is -0.833. The van der Waals surface area contributed by atoms with E-state index in [1.807, 2.05) is 27.7 Å². The normalized spacial score (nSPS) is 11.1. The molecular weight excluding hydrogens is 212 g/mol. The lowest BCUT2D eigenvalue weighted by Crippen LogP contribution is -2.09. The molecule has 1 unspecified atom stereocenters. The maximum absolute atomic E-state index is 9.00. The number of hydrogen-bond acceptors (Lipinski definition) is 4. The molecular formula is C11H26O5. The second-order valence-electron chi connectivity index (χ2n) is 3.78. The summed E-state index contributed by atoms with van der Waals surface area (Å²) in [5.41, 5.74) is 0. The molecule has 3 N–H and O–H groups in total. The van der Waals surface area contributed by atoms with Gasteiger partial charge in [-0.2, -0.15) is 0 Å². The summed E-state index contributed by atoms with van der Waals surface area (Å²) in [7, 11) is 0. The molecule has 0 radical (unpaired) electrons. The Morgan fingerprint density at radius 1 is 1.12 bits per heavy atom. The lowest BCUT2D eigenvalue weighted by atomic mass is 10.4. The largest absolute Gasteiger partial charge is 0.481 e. The number of carbonyl (C=O) groups is 1. The van der Waals surface area contributed by atoms with E-state index in [0.717, 1.165) is 6.92 Å². The SMILES string of the molecule is CC(=O)O.CC(C)OC(C)C.CC(O)CO. The Bertz CT molecular complexity index is 133. The molecule has 0 aromatic carbocycles. The zero-order valence-corrected chi connectivity index (χ0v) is 11.1. The van der Waals surface area contributed by atoms with Crippen LogP contribution in [0.3, 0.4) is 0 Å². The van der Waals surface area contributed by atoms with E-state index in [1.165, 1.54) is 6.92 Å². The number of carboxylic acids is 1. The number of rotatable bonds is 3. The number of aliphatic carboxylic acids is 1. The first kappa shape index (κ1) is 20.7. The number of ether oxygens (including phenoxy) is 1. The van der Waals surface area contributed by atoms with Gasteiger partial charge in [-0.3, -0.25) is 4.79 Å². The molecule has 100 valence electrons. The molecule has 0 aromatic heterocycles. The summed E-state index contributed by atoms with van der Waals surface area (Å²) in [6.45, 7) is 10.6. The third-order valence-electron chi connectivity index (χ3n) is 0.809. The van der Waals surface area contributed by atoms with Gasteiger partial charge in [0.25, 0.3) is 5.97 Å². The van der Waals surface area contributed by atoms with Crippen LogP contribution in [0.4, 0.5) is 0 Å². The number of aliphatic hydroxyl groups is 2. The Balaban J connectivity index is -0.000000166. The van der Waals surface area contributed by atoms with Gasteiger partial charge in [-0.25, -0.2) is 0 Å². The van der Waals surface area contributed by atoms with Crippen LogP contribution in [0.2, 0.25) is 0 Å². The van der Waals surface area contributed by atoms with Gasteiger partial charge in [0.05, 0.1) is 24.9 Å². The van der Waals surface area contributed by atoms with Gasteiger partial charge in [-0.1, -0.05) is 0 Å². The van der Waals surface area contributed by atoms with Gasteiger partial charge in [0.2, 0.25) is 0 Å². The Morgan fingerprint density at radius 3 is 1.31 bits per heavy atom. The Kier molecular flexibility index (Phi) is 18.6. The maximum Gasteiger partial charge on any atom is 0.300 e. The second-order valence-corrected chi connectivity index (χ2v) is 3.78. The van der Waals surface area contributed by atoms with Crippen LogP contribution in [-0.4, -0.2) is 46.2 Å². The Labute approximate surface area is 98.1 Å².